The van der Waals surface area contributed by atoms with Crippen LogP contribution in [-0.4, -0.2) is 41.0 Å². The fourth-order valence-electron chi connectivity index (χ4n) is 3.75. The number of hydrogen-bond donors (Lipinski definition) is 1. The lowest BCUT2D eigenvalue weighted by molar-refractivity contribution is 0.0274. The van der Waals surface area contributed by atoms with E-state index in [0.717, 1.165) is 21.3 Å². The van der Waals surface area contributed by atoms with E-state index in [-0.39, 0.29) is 5.91 Å². The molecule has 0 spiro atoms. The number of nitrogens with one attached hydrogen (secondary N) is 1. The zero-order valence-electron chi connectivity index (χ0n) is 13.6. The maximum absolute atomic E-state index is 12.6. The van der Waals surface area contributed by atoms with Gasteiger partial charge in [0, 0.05) is 40.7 Å². The van der Waals surface area contributed by atoms with Crippen molar-refractivity contribution >= 4 is 29.0 Å². The molecule has 0 saturated carbocycles. The van der Waals surface area contributed by atoms with E-state index in [0.29, 0.717) is 18.0 Å². The van der Waals surface area contributed by atoms with Crippen LogP contribution in [0, 0.1) is 5.92 Å². The first-order valence-electron chi connectivity index (χ1n) is 8.41. The highest BCUT2D eigenvalue weighted by Crippen LogP contribution is 2.32. The maximum Gasteiger partial charge on any atom is 0.251 e. The highest BCUT2D eigenvalue weighted by Gasteiger charge is 2.38. The molecule has 3 aliphatic heterocycles. The Balaban J connectivity index is 1.38. The Bertz CT molecular complexity index is 702. The molecule has 1 N–H and O–H groups in total. The van der Waals surface area contributed by atoms with Crippen LogP contribution in [0.25, 0.3) is 0 Å². The third kappa shape index (κ3) is 3.36. The van der Waals surface area contributed by atoms with E-state index < -0.39 is 0 Å². The van der Waals surface area contributed by atoms with E-state index >= 15 is 0 Å². The summed E-state index contributed by atoms with van der Waals surface area (Å²) in [4.78, 5) is 20.4. The summed E-state index contributed by atoms with van der Waals surface area (Å²) in [5.74, 6) is 0.681. The smallest absolute Gasteiger partial charge is 0.251 e. The van der Waals surface area contributed by atoms with Crippen LogP contribution >= 0.6 is 23.1 Å². The Morgan fingerprint density at radius 2 is 2.21 bits per heavy atom. The van der Waals surface area contributed by atoms with E-state index in [1.807, 2.05) is 35.8 Å². The molecule has 2 bridgehead atoms. The molecule has 24 heavy (non-hydrogen) atoms. The van der Waals surface area contributed by atoms with Crippen molar-refractivity contribution in [3.8, 4) is 0 Å². The van der Waals surface area contributed by atoms with Gasteiger partial charge in [-0.3, -0.25) is 9.69 Å². The van der Waals surface area contributed by atoms with Crippen molar-refractivity contribution < 1.29 is 4.79 Å². The van der Waals surface area contributed by atoms with Crippen molar-refractivity contribution in [2.24, 2.45) is 5.92 Å². The number of amides is 1. The van der Waals surface area contributed by atoms with Crippen molar-refractivity contribution in [2.45, 2.75) is 41.1 Å². The number of hydrogen-bond acceptors (Lipinski definition) is 5. The van der Waals surface area contributed by atoms with E-state index in [1.54, 1.807) is 23.1 Å². The third-order valence-corrected chi connectivity index (χ3v) is 6.99. The Morgan fingerprint density at radius 3 is 2.83 bits per heavy atom. The van der Waals surface area contributed by atoms with Crippen LogP contribution < -0.4 is 5.32 Å². The van der Waals surface area contributed by atoms with Gasteiger partial charge < -0.3 is 5.32 Å². The van der Waals surface area contributed by atoms with Crippen molar-refractivity contribution in [3.05, 3.63) is 41.4 Å². The molecule has 4 atom stereocenters. The van der Waals surface area contributed by atoms with Crippen LogP contribution in [0.15, 0.2) is 45.1 Å². The van der Waals surface area contributed by atoms with Gasteiger partial charge in [-0.05, 0) is 56.5 Å². The molecule has 6 heteroatoms. The summed E-state index contributed by atoms with van der Waals surface area (Å²) >= 11 is 3.26. The zero-order chi connectivity index (χ0) is 16.5. The van der Waals surface area contributed by atoms with Gasteiger partial charge in [-0.25, -0.2) is 4.98 Å². The summed E-state index contributed by atoms with van der Waals surface area (Å²) < 4.78 is 1.02. The zero-order valence-corrected chi connectivity index (χ0v) is 15.3. The van der Waals surface area contributed by atoms with E-state index in [4.69, 9.17) is 0 Å². The summed E-state index contributed by atoms with van der Waals surface area (Å²) in [6, 6.07) is 8.79. The monoisotopic (exact) mass is 359 g/mol. The van der Waals surface area contributed by atoms with Crippen LogP contribution in [0.4, 0.5) is 0 Å². The van der Waals surface area contributed by atoms with E-state index in [9.17, 15) is 4.79 Å². The van der Waals surface area contributed by atoms with Gasteiger partial charge in [0.2, 0.25) is 0 Å². The average molecular weight is 360 g/mol. The third-order valence-electron chi connectivity index (χ3n) is 5.10. The van der Waals surface area contributed by atoms with Crippen molar-refractivity contribution in [2.75, 3.05) is 13.1 Å². The lowest BCUT2D eigenvalue weighted by Gasteiger charge is -2.48. The summed E-state index contributed by atoms with van der Waals surface area (Å²) in [5, 5.41) is 5.23. The molecule has 0 radical (unpaired) electrons. The summed E-state index contributed by atoms with van der Waals surface area (Å²) in [5.41, 5.74) is 0.739. The first-order valence-corrected chi connectivity index (χ1v) is 10.1. The van der Waals surface area contributed by atoms with Crippen LogP contribution in [0.3, 0.4) is 0 Å². The van der Waals surface area contributed by atoms with Crippen LogP contribution in [0.5, 0.6) is 0 Å². The summed E-state index contributed by atoms with van der Waals surface area (Å²) in [6.45, 7) is 4.47. The number of nitrogens with zero attached hydrogens (tertiary/aromatic N) is 2. The van der Waals surface area contributed by atoms with Gasteiger partial charge in [0.15, 0.2) is 4.34 Å². The lowest BCUT2D eigenvalue weighted by Crippen LogP contribution is -2.60. The SMILES string of the molecule is CC1CC2CCN1CC2NC(=O)c1ccc(Sc2nccs2)cc1. The van der Waals surface area contributed by atoms with Gasteiger partial charge in [-0.1, -0.05) is 11.8 Å². The second-order valence-corrected chi connectivity index (χ2v) is 8.85. The summed E-state index contributed by atoms with van der Waals surface area (Å²) in [7, 11) is 0. The number of benzene rings is 1. The molecule has 1 aromatic heterocycles. The standard InChI is InChI=1S/C18H21N3OS2/c1-12-10-14-6-8-21(12)11-16(14)20-17(22)13-2-4-15(5-3-13)24-18-19-7-9-23-18/h2-5,7,9,12,14,16H,6,8,10-11H2,1H3,(H,20,22). The quantitative estimate of drug-likeness (QED) is 0.907. The minimum absolute atomic E-state index is 0.0483. The minimum Gasteiger partial charge on any atom is -0.348 e. The van der Waals surface area contributed by atoms with Crippen LogP contribution in [0.1, 0.15) is 30.1 Å². The largest absolute Gasteiger partial charge is 0.348 e. The fourth-order valence-corrected chi connectivity index (χ4v) is 5.34. The predicted octanol–water partition coefficient (Wildman–Crippen LogP) is 3.51. The highest BCUT2D eigenvalue weighted by atomic mass is 32.2. The predicted molar refractivity (Wildman–Crippen MR) is 97.7 cm³/mol. The van der Waals surface area contributed by atoms with Crippen molar-refractivity contribution in [1.29, 1.82) is 0 Å². The molecular weight excluding hydrogens is 338 g/mol. The molecule has 2 aromatic rings. The molecule has 4 unspecified atom stereocenters. The van der Waals surface area contributed by atoms with Crippen LogP contribution in [0.2, 0.25) is 0 Å². The second-order valence-electron chi connectivity index (χ2n) is 6.63. The molecule has 4 nitrogen and oxygen atoms in total. The number of carbonyl (C=O) groups excluding carboxylic acids is 1. The Morgan fingerprint density at radius 1 is 1.38 bits per heavy atom. The number of aromatic nitrogens is 1. The molecule has 3 fully saturated rings. The first-order chi connectivity index (χ1) is 11.7. The van der Waals surface area contributed by atoms with Crippen molar-refractivity contribution in [1.82, 2.24) is 15.2 Å². The van der Waals surface area contributed by atoms with Gasteiger partial charge in [0.1, 0.15) is 0 Å². The molecule has 126 valence electrons. The first kappa shape index (κ1) is 16.1. The van der Waals surface area contributed by atoms with Gasteiger partial charge in [0.05, 0.1) is 0 Å². The van der Waals surface area contributed by atoms with Crippen LogP contribution in [-0.2, 0) is 0 Å². The number of thiazole rings is 1. The Hall–Kier alpha value is -1.37. The second kappa shape index (κ2) is 6.86. The van der Waals surface area contributed by atoms with Crippen molar-refractivity contribution in [3.63, 3.8) is 0 Å². The number of rotatable bonds is 4. The van der Waals surface area contributed by atoms with Gasteiger partial charge in [-0.2, -0.15) is 0 Å². The maximum atomic E-state index is 12.6. The molecule has 1 aromatic carbocycles. The highest BCUT2D eigenvalue weighted by molar-refractivity contribution is 8.01. The molecular formula is C18H21N3OS2. The van der Waals surface area contributed by atoms with Gasteiger partial charge in [0.25, 0.3) is 5.91 Å². The topological polar surface area (TPSA) is 45.2 Å². The molecule has 5 rings (SSSR count). The van der Waals surface area contributed by atoms with E-state index in [1.165, 1.54) is 19.4 Å². The summed E-state index contributed by atoms with van der Waals surface area (Å²) in [6.07, 6.45) is 4.22. The normalized spacial score (nSPS) is 28.7. The molecule has 1 amide bonds. The average Bonchev–Trinajstić information content (AvgIpc) is 3.09. The minimum atomic E-state index is 0.0483. The molecule has 0 aliphatic carbocycles. The number of piperidine rings is 3. The lowest BCUT2D eigenvalue weighted by atomic mass is 9.80. The van der Waals surface area contributed by atoms with Gasteiger partial charge >= 0.3 is 0 Å². The Kier molecular flexibility index (Phi) is 4.61. The van der Waals surface area contributed by atoms with E-state index in [2.05, 4.69) is 22.1 Å². The number of carbonyl (C=O) groups is 1. The Labute approximate surface area is 150 Å². The van der Waals surface area contributed by atoms with Gasteiger partial charge in [-0.15, -0.1) is 11.3 Å². The molecule has 3 aliphatic rings. The fraction of sp³-hybridized carbons (Fsp3) is 0.444. The molecule has 3 saturated heterocycles. The number of fused-ring (bicyclic) bond motifs is 3. The molecule has 4 heterocycles.